The molecular formula is C13H15N3. The highest BCUT2D eigenvalue weighted by molar-refractivity contribution is 5.63. The Kier molecular flexibility index (Phi) is 3.38. The molecule has 0 bridgehead atoms. The maximum atomic E-state index is 4.29. The van der Waals surface area contributed by atoms with Crippen LogP contribution in [0.4, 0.5) is 11.5 Å². The third-order valence-electron chi connectivity index (χ3n) is 2.38. The van der Waals surface area contributed by atoms with Crippen molar-refractivity contribution in [3.8, 4) is 0 Å². The molecule has 0 spiro atoms. The van der Waals surface area contributed by atoms with Gasteiger partial charge in [-0.25, -0.2) is 4.98 Å². The van der Waals surface area contributed by atoms with Crippen molar-refractivity contribution in [1.29, 1.82) is 0 Å². The Bertz CT molecular complexity index is 440. The highest BCUT2D eigenvalue weighted by Gasteiger charge is 1.99. The lowest BCUT2D eigenvalue weighted by atomic mass is 10.2. The summed E-state index contributed by atoms with van der Waals surface area (Å²) in [7, 11) is 1.89. The van der Waals surface area contributed by atoms with Crippen LogP contribution < -0.4 is 10.6 Å². The molecule has 3 heteroatoms. The van der Waals surface area contributed by atoms with Crippen molar-refractivity contribution in [2.75, 3.05) is 17.7 Å². The molecule has 0 saturated carbocycles. The molecule has 0 fully saturated rings. The van der Waals surface area contributed by atoms with Gasteiger partial charge in [-0.2, -0.15) is 0 Å². The zero-order valence-electron chi connectivity index (χ0n) is 9.27. The van der Waals surface area contributed by atoms with E-state index in [2.05, 4.69) is 27.8 Å². The minimum Gasteiger partial charge on any atom is -0.385 e. The third kappa shape index (κ3) is 2.51. The summed E-state index contributed by atoms with van der Waals surface area (Å²) in [5.41, 5.74) is 2.26. The van der Waals surface area contributed by atoms with E-state index in [1.54, 1.807) is 6.20 Å². The summed E-state index contributed by atoms with van der Waals surface area (Å²) in [6.07, 6.45) is 1.79. The van der Waals surface area contributed by atoms with E-state index in [-0.39, 0.29) is 0 Å². The van der Waals surface area contributed by atoms with E-state index in [1.807, 2.05) is 37.4 Å². The predicted molar refractivity (Wildman–Crippen MR) is 67.6 cm³/mol. The summed E-state index contributed by atoms with van der Waals surface area (Å²) in [4.78, 5) is 4.29. The lowest BCUT2D eigenvalue weighted by Gasteiger charge is -2.09. The Labute approximate surface area is 95.5 Å². The van der Waals surface area contributed by atoms with Crippen molar-refractivity contribution >= 4 is 11.5 Å². The van der Waals surface area contributed by atoms with Gasteiger partial charge in [0, 0.05) is 19.8 Å². The maximum Gasteiger partial charge on any atom is 0.149 e. The number of nitrogens with one attached hydrogen (secondary N) is 2. The first-order valence-electron chi connectivity index (χ1n) is 5.30. The van der Waals surface area contributed by atoms with Gasteiger partial charge in [0.1, 0.15) is 5.82 Å². The van der Waals surface area contributed by atoms with E-state index in [4.69, 9.17) is 0 Å². The van der Waals surface area contributed by atoms with Gasteiger partial charge >= 0.3 is 0 Å². The molecule has 0 unspecified atom stereocenters. The van der Waals surface area contributed by atoms with Crippen molar-refractivity contribution in [1.82, 2.24) is 4.98 Å². The standard InChI is InChI=1S/C13H15N3/c1-14-12-8-5-9-15-13(12)16-10-11-6-3-2-4-7-11/h2-9,14H,10H2,1H3,(H,15,16). The molecule has 3 nitrogen and oxygen atoms in total. The molecule has 0 aliphatic heterocycles. The summed E-state index contributed by atoms with van der Waals surface area (Å²) in [5.74, 6) is 0.883. The number of hydrogen-bond acceptors (Lipinski definition) is 3. The van der Waals surface area contributed by atoms with Gasteiger partial charge in [0.25, 0.3) is 0 Å². The van der Waals surface area contributed by atoms with Crippen LogP contribution in [0, 0.1) is 0 Å². The monoisotopic (exact) mass is 213 g/mol. The Balaban J connectivity index is 2.05. The molecule has 0 amide bonds. The largest absolute Gasteiger partial charge is 0.385 e. The van der Waals surface area contributed by atoms with Gasteiger partial charge in [-0.15, -0.1) is 0 Å². The van der Waals surface area contributed by atoms with Gasteiger partial charge in [-0.05, 0) is 17.7 Å². The molecule has 16 heavy (non-hydrogen) atoms. The molecule has 1 aromatic carbocycles. The highest BCUT2D eigenvalue weighted by Crippen LogP contribution is 2.17. The van der Waals surface area contributed by atoms with Gasteiger partial charge in [-0.3, -0.25) is 0 Å². The first kappa shape index (κ1) is 10.5. The van der Waals surface area contributed by atoms with E-state index in [0.29, 0.717) is 0 Å². The average molecular weight is 213 g/mol. The zero-order valence-corrected chi connectivity index (χ0v) is 9.27. The summed E-state index contributed by atoms with van der Waals surface area (Å²) < 4.78 is 0. The quantitative estimate of drug-likeness (QED) is 0.820. The molecule has 2 N–H and O–H groups in total. The number of benzene rings is 1. The summed E-state index contributed by atoms with van der Waals surface area (Å²) in [6, 6.07) is 14.2. The SMILES string of the molecule is CNc1cccnc1NCc1ccccc1. The van der Waals surface area contributed by atoms with Gasteiger partial charge in [-0.1, -0.05) is 30.3 Å². The second-order valence-corrected chi connectivity index (χ2v) is 3.49. The van der Waals surface area contributed by atoms with Gasteiger partial charge in [0.2, 0.25) is 0 Å². The first-order valence-corrected chi connectivity index (χ1v) is 5.30. The van der Waals surface area contributed by atoms with Crippen LogP contribution in [0.2, 0.25) is 0 Å². The first-order chi connectivity index (χ1) is 7.90. The van der Waals surface area contributed by atoms with E-state index in [1.165, 1.54) is 5.56 Å². The summed E-state index contributed by atoms with van der Waals surface area (Å²) in [6.45, 7) is 0.784. The van der Waals surface area contributed by atoms with E-state index < -0.39 is 0 Å². The molecule has 0 saturated heterocycles. The fraction of sp³-hybridized carbons (Fsp3) is 0.154. The molecule has 0 aliphatic rings. The number of anilines is 2. The minimum absolute atomic E-state index is 0.784. The second kappa shape index (κ2) is 5.16. The number of hydrogen-bond donors (Lipinski definition) is 2. The Morgan fingerprint density at radius 1 is 1.06 bits per heavy atom. The smallest absolute Gasteiger partial charge is 0.149 e. The lowest BCUT2D eigenvalue weighted by Crippen LogP contribution is -2.04. The van der Waals surface area contributed by atoms with Crippen molar-refractivity contribution in [3.05, 3.63) is 54.2 Å². The van der Waals surface area contributed by atoms with Crippen LogP contribution in [-0.4, -0.2) is 12.0 Å². The minimum atomic E-state index is 0.784. The average Bonchev–Trinajstić information content (AvgIpc) is 2.38. The molecule has 2 rings (SSSR count). The van der Waals surface area contributed by atoms with Crippen LogP contribution in [0.25, 0.3) is 0 Å². The molecule has 82 valence electrons. The van der Waals surface area contributed by atoms with Crippen molar-refractivity contribution in [2.24, 2.45) is 0 Å². The fourth-order valence-electron chi connectivity index (χ4n) is 1.53. The zero-order chi connectivity index (χ0) is 11.2. The van der Waals surface area contributed by atoms with Crippen LogP contribution in [-0.2, 0) is 6.54 Å². The van der Waals surface area contributed by atoms with E-state index in [9.17, 15) is 0 Å². The Morgan fingerprint density at radius 3 is 2.62 bits per heavy atom. The van der Waals surface area contributed by atoms with Crippen LogP contribution in [0.1, 0.15) is 5.56 Å². The second-order valence-electron chi connectivity index (χ2n) is 3.49. The van der Waals surface area contributed by atoms with Crippen LogP contribution in [0.3, 0.4) is 0 Å². The van der Waals surface area contributed by atoms with Crippen LogP contribution >= 0.6 is 0 Å². The Hall–Kier alpha value is -2.03. The maximum absolute atomic E-state index is 4.29. The predicted octanol–water partition coefficient (Wildman–Crippen LogP) is 2.74. The molecule has 0 aliphatic carbocycles. The molecular weight excluding hydrogens is 198 g/mol. The fourth-order valence-corrected chi connectivity index (χ4v) is 1.53. The van der Waals surface area contributed by atoms with E-state index >= 15 is 0 Å². The summed E-state index contributed by atoms with van der Waals surface area (Å²) >= 11 is 0. The third-order valence-corrected chi connectivity index (χ3v) is 2.38. The molecule has 0 radical (unpaired) electrons. The number of rotatable bonds is 4. The van der Waals surface area contributed by atoms with Crippen molar-refractivity contribution in [2.45, 2.75) is 6.54 Å². The van der Waals surface area contributed by atoms with Crippen molar-refractivity contribution < 1.29 is 0 Å². The highest BCUT2D eigenvalue weighted by atomic mass is 15.0. The van der Waals surface area contributed by atoms with Gasteiger partial charge < -0.3 is 10.6 Å². The Morgan fingerprint density at radius 2 is 1.88 bits per heavy atom. The number of pyridine rings is 1. The van der Waals surface area contributed by atoms with Crippen LogP contribution in [0.15, 0.2) is 48.7 Å². The van der Waals surface area contributed by atoms with Gasteiger partial charge in [0.05, 0.1) is 5.69 Å². The van der Waals surface area contributed by atoms with Crippen LogP contribution in [0.5, 0.6) is 0 Å². The molecule has 0 atom stereocenters. The molecule has 2 aromatic rings. The molecule has 1 aromatic heterocycles. The summed E-state index contributed by atoms with van der Waals surface area (Å²) in [5, 5.41) is 6.41. The number of nitrogens with zero attached hydrogens (tertiary/aromatic N) is 1. The van der Waals surface area contributed by atoms with Crippen molar-refractivity contribution in [3.63, 3.8) is 0 Å². The number of aromatic nitrogens is 1. The normalized spacial score (nSPS) is 9.81. The van der Waals surface area contributed by atoms with Gasteiger partial charge in [0.15, 0.2) is 0 Å². The van der Waals surface area contributed by atoms with E-state index in [0.717, 1.165) is 18.1 Å². The lowest BCUT2D eigenvalue weighted by molar-refractivity contribution is 1.11. The topological polar surface area (TPSA) is 37.0 Å². The molecule has 1 heterocycles.